The first kappa shape index (κ1) is 22.5. The second-order valence-electron chi connectivity index (χ2n) is 9.89. The number of amides is 1. The largest absolute Gasteiger partial charge is 0.481 e. The van der Waals surface area contributed by atoms with Crippen molar-refractivity contribution in [3.05, 3.63) is 24.1 Å². The standard InChI is InChI=1S/C23H31FN4O4/c1-22(2,3)32-21(30)26-16-11-23(12-17(16)29)7-9-28(10-8-23)20-14(24)13-25-15-5-6-18(31-4)27-19(15)20/h5-6,13,16-17,29H,7-12H2,1-4H3,(H,26,30)/t16?,17-/m1/s1. The fraction of sp³-hybridized carbons (Fsp3) is 0.609. The highest BCUT2D eigenvalue weighted by Gasteiger charge is 2.47. The van der Waals surface area contributed by atoms with Crippen LogP contribution in [0.15, 0.2) is 18.3 Å². The van der Waals surface area contributed by atoms with Crippen LogP contribution >= 0.6 is 0 Å². The molecular weight excluding hydrogens is 415 g/mol. The summed E-state index contributed by atoms with van der Waals surface area (Å²) in [6.45, 7) is 6.67. The minimum atomic E-state index is -0.626. The van der Waals surface area contributed by atoms with E-state index in [-0.39, 0.29) is 11.5 Å². The molecule has 9 heteroatoms. The molecule has 1 aliphatic carbocycles. The highest BCUT2D eigenvalue weighted by molar-refractivity contribution is 5.88. The fourth-order valence-corrected chi connectivity index (χ4v) is 4.92. The SMILES string of the molecule is COc1ccc2ncc(F)c(N3CCC4(CC3)CC(NC(=O)OC(C)(C)C)[C@H](O)C4)c2n1. The number of alkyl carbamates (subject to hydrolysis) is 1. The third-order valence-electron chi connectivity index (χ3n) is 6.43. The predicted molar refractivity (Wildman–Crippen MR) is 118 cm³/mol. The Morgan fingerprint density at radius 3 is 2.66 bits per heavy atom. The lowest BCUT2D eigenvalue weighted by Gasteiger charge is -2.40. The molecule has 2 N–H and O–H groups in total. The zero-order valence-corrected chi connectivity index (χ0v) is 19.0. The zero-order chi connectivity index (χ0) is 23.1. The van der Waals surface area contributed by atoms with E-state index in [0.29, 0.717) is 48.5 Å². The van der Waals surface area contributed by atoms with E-state index in [1.54, 1.807) is 32.9 Å². The van der Waals surface area contributed by atoms with Gasteiger partial charge < -0.3 is 24.8 Å². The second-order valence-corrected chi connectivity index (χ2v) is 9.89. The Kier molecular flexibility index (Phi) is 5.87. The lowest BCUT2D eigenvalue weighted by atomic mass is 9.76. The van der Waals surface area contributed by atoms with Gasteiger partial charge in [-0.1, -0.05) is 0 Å². The Morgan fingerprint density at radius 2 is 2.00 bits per heavy atom. The van der Waals surface area contributed by atoms with Gasteiger partial charge in [0.2, 0.25) is 5.88 Å². The summed E-state index contributed by atoms with van der Waals surface area (Å²) in [5.74, 6) is -0.000248. The molecule has 3 heterocycles. The first-order valence-corrected chi connectivity index (χ1v) is 11.0. The lowest BCUT2D eigenvalue weighted by Crippen LogP contribution is -2.43. The van der Waals surface area contributed by atoms with Crippen molar-refractivity contribution in [2.75, 3.05) is 25.1 Å². The average molecular weight is 447 g/mol. The smallest absolute Gasteiger partial charge is 0.407 e. The molecular formula is C23H31FN4O4. The molecule has 2 fully saturated rings. The van der Waals surface area contributed by atoms with Gasteiger partial charge >= 0.3 is 6.09 Å². The van der Waals surface area contributed by atoms with E-state index in [1.165, 1.54) is 13.3 Å². The van der Waals surface area contributed by atoms with Crippen LogP contribution in [0.2, 0.25) is 0 Å². The van der Waals surface area contributed by atoms with Crippen LogP contribution in [0.4, 0.5) is 14.9 Å². The van der Waals surface area contributed by atoms with Gasteiger partial charge in [-0.2, -0.15) is 0 Å². The molecule has 0 aromatic carbocycles. The number of halogens is 1. The monoisotopic (exact) mass is 446 g/mol. The fourth-order valence-electron chi connectivity index (χ4n) is 4.92. The van der Waals surface area contributed by atoms with Gasteiger partial charge in [0.15, 0.2) is 5.82 Å². The summed E-state index contributed by atoms with van der Waals surface area (Å²) in [6, 6.07) is 3.14. The van der Waals surface area contributed by atoms with Gasteiger partial charge in [-0.25, -0.2) is 14.2 Å². The van der Waals surface area contributed by atoms with Gasteiger partial charge in [0.25, 0.3) is 0 Å². The molecule has 1 aliphatic heterocycles. The molecule has 32 heavy (non-hydrogen) atoms. The number of carbonyl (C=O) groups is 1. The Bertz CT molecular complexity index is 1000. The molecule has 0 bridgehead atoms. The summed E-state index contributed by atoms with van der Waals surface area (Å²) in [5, 5.41) is 13.4. The first-order valence-electron chi connectivity index (χ1n) is 11.0. The van der Waals surface area contributed by atoms with E-state index in [2.05, 4.69) is 15.3 Å². The van der Waals surface area contributed by atoms with Crippen molar-refractivity contribution in [2.45, 2.75) is 64.2 Å². The van der Waals surface area contributed by atoms with Crippen LogP contribution in [0.5, 0.6) is 5.88 Å². The summed E-state index contributed by atoms with van der Waals surface area (Å²) < 4.78 is 25.4. The highest BCUT2D eigenvalue weighted by Crippen LogP contribution is 2.47. The number of ether oxygens (including phenoxy) is 2. The topological polar surface area (TPSA) is 96.8 Å². The Morgan fingerprint density at radius 1 is 1.28 bits per heavy atom. The number of hydrogen-bond donors (Lipinski definition) is 2. The van der Waals surface area contributed by atoms with Crippen LogP contribution in [-0.4, -0.2) is 59.1 Å². The van der Waals surface area contributed by atoms with E-state index in [9.17, 15) is 14.3 Å². The number of piperidine rings is 1. The van der Waals surface area contributed by atoms with Crippen LogP contribution < -0.4 is 15.0 Å². The summed E-state index contributed by atoms with van der Waals surface area (Å²) >= 11 is 0. The number of anilines is 1. The van der Waals surface area contributed by atoms with Gasteiger partial charge in [0.1, 0.15) is 16.8 Å². The van der Waals surface area contributed by atoms with Crippen molar-refractivity contribution in [1.82, 2.24) is 15.3 Å². The number of carbonyl (C=O) groups excluding carboxylic acids is 1. The maximum Gasteiger partial charge on any atom is 0.407 e. The van der Waals surface area contributed by atoms with Gasteiger partial charge in [-0.05, 0) is 57.9 Å². The van der Waals surface area contributed by atoms with Gasteiger partial charge in [-0.3, -0.25) is 4.98 Å². The minimum Gasteiger partial charge on any atom is -0.481 e. The molecule has 2 aromatic rings. The minimum absolute atomic E-state index is 0.0972. The lowest BCUT2D eigenvalue weighted by molar-refractivity contribution is 0.0449. The van der Waals surface area contributed by atoms with Crippen molar-refractivity contribution in [3.8, 4) is 5.88 Å². The number of hydrogen-bond acceptors (Lipinski definition) is 7. The van der Waals surface area contributed by atoms with E-state index in [1.807, 2.05) is 4.90 Å². The van der Waals surface area contributed by atoms with Gasteiger partial charge in [0, 0.05) is 19.2 Å². The van der Waals surface area contributed by atoms with E-state index >= 15 is 0 Å². The first-order chi connectivity index (χ1) is 15.1. The molecule has 1 saturated heterocycles. The molecule has 8 nitrogen and oxygen atoms in total. The zero-order valence-electron chi connectivity index (χ0n) is 19.0. The van der Waals surface area contributed by atoms with Gasteiger partial charge in [0.05, 0.1) is 31.0 Å². The average Bonchev–Trinajstić information content (AvgIpc) is 3.01. The number of pyridine rings is 2. The maximum atomic E-state index is 14.8. The van der Waals surface area contributed by atoms with Crippen molar-refractivity contribution in [3.63, 3.8) is 0 Å². The number of aliphatic hydroxyl groups is 1. The Balaban J connectivity index is 1.47. The van der Waals surface area contributed by atoms with Crippen LogP contribution in [0.1, 0.15) is 46.5 Å². The number of methoxy groups -OCH3 is 1. The molecule has 2 aromatic heterocycles. The van der Waals surface area contributed by atoms with Crippen LogP contribution in [-0.2, 0) is 4.74 Å². The van der Waals surface area contributed by atoms with Crippen molar-refractivity contribution in [2.24, 2.45) is 5.41 Å². The molecule has 4 rings (SSSR count). The van der Waals surface area contributed by atoms with Gasteiger partial charge in [-0.15, -0.1) is 0 Å². The van der Waals surface area contributed by atoms with Crippen LogP contribution in [0.25, 0.3) is 11.0 Å². The third-order valence-corrected chi connectivity index (χ3v) is 6.43. The summed E-state index contributed by atoms with van der Waals surface area (Å²) in [5.41, 5.74) is 0.840. The van der Waals surface area contributed by atoms with Crippen molar-refractivity contribution >= 4 is 22.8 Å². The molecule has 1 saturated carbocycles. The number of rotatable bonds is 3. The second kappa shape index (κ2) is 8.35. The molecule has 174 valence electrons. The number of nitrogens with zero attached hydrogens (tertiary/aromatic N) is 3. The van der Waals surface area contributed by atoms with E-state index < -0.39 is 23.6 Å². The summed E-state index contributed by atoms with van der Waals surface area (Å²) in [7, 11) is 1.53. The quantitative estimate of drug-likeness (QED) is 0.746. The van der Waals surface area contributed by atoms with Crippen molar-refractivity contribution in [1.29, 1.82) is 0 Å². The number of aromatic nitrogens is 2. The predicted octanol–water partition coefficient (Wildman–Crippen LogP) is 3.41. The normalized spacial score (nSPS) is 22.9. The number of aliphatic hydroxyl groups excluding tert-OH is 1. The molecule has 2 aliphatic rings. The Hall–Kier alpha value is -2.68. The number of nitrogens with one attached hydrogen (secondary N) is 1. The molecule has 2 atom stereocenters. The highest BCUT2D eigenvalue weighted by atomic mass is 19.1. The molecule has 1 amide bonds. The van der Waals surface area contributed by atoms with Crippen molar-refractivity contribution < 1.29 is 23.8 Å². The Labute approximate surface area is 187 Å². The van der Waals surface area contributed by atoms with E-state index in [4.69, 9.17) is 9.47 Å². The molecule has 1 spiro atoms. The maximum absolute atomic E-state index is 14.8. The van der Waals surface area contributed by atoms with Crippen LogP contribution in [0, 0.1) is 11.2 Å². The molecule has 1 unspecified atom stereocenters. The molecule has 0 radical (unpaired) electrons. The van der Waals surface area contributed by atoms with Crippen LogP contribution in [0.3, 0.4) is 0 Å². The summed E-state index contributed by atoms with van der Waals surface area (Å²) in [4.78, 5) is 22.8. The number of fused-ring (bicyclic) bond motifs is 1. The third kappa shape index (κ3) is 4.57. The van der Waals surface area contributed by atoms with E-state index in [0.717, 1.165) is 12.8 Å². The summed E-state index contributed by atoms with van der Waals surface area (Å²) in [6.07, 6.45) is 2.93.